The summed E-state index contributed by atoms with van der Waals surface area (Å²) in [4.78, 5) is 26.1. The normalized spacial score (nSPS) is 22.5. The molecule has 0 radical (unpaired) electrons. The number of aliphatic hydroxyl groups is 1. The van der Waals surface area contributed by atoms with Crippen molar-refractivity contribution in [3.8, 4) is 10.4 Å². The van der Waals surface area contributed by atoms with Gasteiger partial charge in [-0.25, -0.2) is 15.0 Å². The number of anilines is 2. The Bertz CT molecular complexity index is 1160. The van der Waals surface area contributed by atoms with Crippen molar-refractivity contribution in [2.45, 2.75) is 52.6 Å². The highest BCUT2D eigenvalue weighted by molar-refractivity contribution is 7.15. The molecule has 4 N–H and O–H groups in total. The van der Waals surface area contributed by atoms with Gasteiger partial charge >= 0.3 is 0 Å². The predicted octanol–water partition coefficient (Wildman–Crippen LogP) is 4.46. The summed E-state index contributed by atoms with van der Waals surface area (Å²) in [7, 11) is 0. The highest BCUT2D eigenvalue weighted by Crippen LogP contribution is 2.50. The molecule has 7 nitrogen and oxygen atoms in total. The molecule has 0 saturated heterocycles. The van der Waals surface area contributed by atoms with Crippen molar-refractivity contribution in [2.75, 3.05) is 5.32 Å². The van der Waals surface area contributed by atoms with E-state index in [1.807, 2.05) is 52.1 Å². The van der Waals surface area contributed by atoms with Crippen LogP contribution in [0.3, 0.4) is 0 Å². The van der Waals surface area contributed by atoms with Crippen molar-refractivity contribution in [1.82, 2.24) is 15.0 Å². The summed E-state index contributed by atoms with van der Waals surface area (Å²) in [5.74, 6) is 0.0139. The first-order valence-electron chi connectivity index (χ1n) is 10.7. The van der Waals surface area contributed by atoms with Gasteiger partial charge in [0.1, 0.15) is 10.6 Å². The van der Waals surface area contributed by atoms with Gasteiger partial charge in [-0.3, -0.25) is 4.79 Å². The molecule has 1 aliphatic carbocycles. The molecular formula is C24H29N5O2S. The molecule has 8 heteroatoms. The molecule has 32 heavy (non-hydrogen) atoms. The minimum Gasteiger partial charge on any atom is -0.383 e. The molecule has 1 saturated carbocycles. The van der Waals surface area contributed by atoms with E-state index in [0.717, 1.165) is 27.4 Å². The van der Waals surface area contributed by atoms with Crippen LogP contribution in [0, 0.1) is 25.2 Å². The van der Waals surface area contributed by atoms with Gasteiger partial charge in [-0.15, -0.1) is 11.3 Å². The van der Waals surface area contributed by atoms with Gasteiger partial charge in [0.25, 0.3) is 0 Å². The molecule has 2 aromatic heterocycles. The van der Waals surface area contributed by atoms with Crippen molar-refractivity contribution in [3.63, 3.8) is 0 Å². The third kappa shape index (κ3) is 4.52. The number of aryl methyl sites for hydroxylation is 2. The lowest BCUT2D eigenvalue weighted by molar-refractivity contribution is -0.134. The molecule has 2 heterocycles. The number of amides is 1. The summed E-state index contributed by atoms with van der Waals surface area (Å²) in [6.45, 7) is 7.95. The maximum absolute atomic E-state index is 11.8. The van der Waals surface area contributed by atoms with E-state index in [1.54, 1.807) is 6.20 Å². The number of nitrogens with two attached hydrogens (primary N) is 1. The van der Waals surface area contributed by atoms with E-state index in [9.17, 15) is 9.90 Å². The molecule has 168 valence electrons. The van der Waals surface area contributed by atoms with Gasteiger partial charge in [0.15, 0.2) is 0 Å². The van der Waals surface area contributed by atoms with Crippen molar-refractivity contribution in [1.29, 1.82) is 0 Å². The maximum atomic E-state index is 11.8. The maximum Gasteiger partial charge on any atom is 0.227 e. The zero-order chi connectivity index (χ0) is 23.1. The van der Waals surface area contributed by atoms with Crippen molar-refractivity contribution in [3.05, 3.63) is 52.9 Å². The van der Waals surface area contributed by atoms with Gasteiger partial charge in [0, 0.05) is 29.7 Å². The predicted molar refractivity (Wildman–Crippen MR) is 127 cm³/mol. The van der Waals surface area contributed by atoms with E-state index in [1.165, 1.54) is 11.3 Å². The van der Waals surface area contributed by atoms with Gasteiger partial charge in [-0.2, -0.15) is 0 Å². The molecular weight excluding hydrogens is 422 g/mol. The molecule has 4 rings (SSSR count). The van der Waals surface area contributed by atoms with Crippen LogP contribution in [0.2, 0.25) is 0 Å². The standard InChI is InChI=1S/C24H29N5O2S/c1-14-9-16(11-17(10-14)29-22-26-8-6-15(2)28-22)19-12-27-21(32-19)24(31)7-5-18(20(25)30)23(3,4)13-24/h6,8-12,18,31H,5,7,13H2,1-4H3,(H2,25,30)(H,26,28,29)/t18-,24+/m0/s1. The number of hydrogen-bond acceptors (Lipinski definition) is 7. The highest BCUT2D eigenvalue weighted by atomic mass is 32.1. The van der Waals surface area contributed by atoms with Crippen molar-refractivity contribution >= 4 is 28.9 Å². The molecule has 1 aliphatic rings. The Balaban J connectivity index is 1.60. The minimum absolute atomic E-state index is 0.239. The van der Waals surface area contributed by atoms with Gasteiger partial charge in [0.2, 0.25) is 11.9 Å². The molecule has 0 bridgehead atoms. The van der Waals surface area contributed by atoms with Crippen LogP contribution < -0.4 is 11.1 Å². The van der Waals surface area contributed by atoms with E-state index >= 15 is 0 Å². The van der Waals surface area contributed by atoms with Crippen LogP contribution >= 0.6 is 11.3 Å². The first kappa shape index (κ1) is 22.4. The Morgan fingerprint density at radius 2 is 2.03 bits per heavy atom. The van der Waals surface area contributed by atoms with Crippen molar-refractivity contribution < 1.29 is 9.90 Å². The fraction of sp³-hybridized carbons (Fsp3) is 0.417. The number of rotatable bonds is 5. The topological polar surface area (TPSA) is 114 Å². The second-order valence-corrected chi connectivity index (χ2v) is 10.5. The fourth-order valence-electron chi connectivity index (χ4n) is 4.71. The first-order chi connectivity index (χ1) is 15.1. The number of primary amides is 1. The summed E-state index contributed by atoms with van der Waals surface area (Å²) in [6.07, 6.45) is 5.02. The largest absolute Gasteiger partial charge is 0.383 e. The van der Waals surface area contributed by atoms with E-state index in [0.29, 0.717) is 30.2 Å². The second-order valence-electron chi connectivity index (χ2n) is 9.45. The lowest BCUT2D eigenvalue weighted by atomic mass is 9.63. The summed E-state index contributed by atoms with van der Waals surface area (Å²) >= 11 is 1.49. The number of nitrogens with one attached hydrogen (secondary N) is 1. The lowest BCUT2D eigenvalue weighted by Gasteiger charge is -2.44. The molecule has 1 amide bonds. The smallest absolute Gasteiger partial charge is 0.227 e. The molecule has 0 aliphatic heterocycles. The van der Waals surface area contributed by atoms with Crippen molar-refractivity contribution in [2.24, 2.45) is 17.1 Å². The Morgan fingerprint density at radius 3 is 2.72 bits per heavy atom. The number of carbonyl (C=O) groups excluding carboxylic acids is 1. The Morgan fingerprint density at radius 1 is 1.25 bits per heavy atom. The van der Waals surface area contributed by atoms with Crippen LogP contribution in [0.4, 0.5) is 11.6 Å². The van der Waals surface area contributed by atoms with Crippen LogP contribution in [-0.4, -0.2) is 26.0 Å². The quantitative estimate of drug-likeness (QED) is 0.528. The zero-order valence-corrected chi connectivity index (χ0v) is 19.7. The number of aromatic nitrogens is 3. The summed E-state index contributed by atoms with van der Waals surface area (Å²) in [5, 5.41) is 15.4. The number of thiazole rings is 1. The van der Waals surface area contributed by atoms with E-state index in [-0.39, 0.29) is 17.2 Å². The Kier molecular flexibility index (Phi) is 5.77. The van der Waals surface area contributed by atoms with Gasteiger partial charge < -0.3 is 16.2 Å². The molecule has 0 spiro atoms. The fourth-order valence-corrected chi connectivity index (χ4v) is 5.73. The number of benzene rings is 1. The second kappa shape index (κ2) is 8.26. The van der Waals surface area contributed by atoms with Gasteiger partial charge in [-0.05, 0) is 67.9 Å². The number of carbonyl (C=O) groups is 1. The SMILES string of the molecule is Cc1cc(Nc2nccc(C)n2)cc(-c2cnc([C@@]3(O)CC[C@@H](C(N)=O)C(C)(C)C3)s2)c1. The summed E-state index contributed by atoms with van der Waals surface area (Å²) in [6, 6.07) is 8.03. The van der Waals surface area contributed by atoms with Crippen LogP contribution in [0.1, 0.15) is 49.4 Å². The third-order valence-electron chi connectivity index (χ3n) is 6.20. The van der Waals surface area contributed by atoms with E-state index < -0.39 is 5.60 Å². The average molecular weight is 452 g/mol. The van der Waals surface area contributed by atoms with Crippen LogP contribution in [-0.2, 0) is 10.4 Å². The lowest BCUT2D eigenvalue weighted by Crippen LogP contribution is -2.46. The monoisotopic (exact) mass is 451 g/mol. The summed E-state index contributed by atoms with van der Waals surface area (Å²) < 4.78 is 0. The first-order valence-corrected chi connectivity index (χ1v) is 11.5. The Labute approximate surface area is 192 Å². The van der Waals surface area contributed by atoms with Crippen LogP contribution in [0.25, 0.3) is 10.4 Å². The van der Waals surface area contributed by atoms with E-state index in [2.05, 4.69) is 26.3 Å². The van der Waals surface area contributed by atoms with Gasteiger partial charge in [-0.1, -0.05) is 19.9 Å². The Hall–Kier alpha value is -2.84. The highest BCUT2D eigenvalue weighted by Gasteiger charge is 2.48. The van der Waals surface area contributed by atoms with Crippen LogP contribution in [0.5, 0.6) is 0 Å². The third-order valence-corrected chi connectivity index (χ3v) is 7.44. The zero-order valence-electron chi connectivity index (χ0n) is 18.8. The molecule has 0 unspecified atom stereocenters. The molecule has 3 aromatic rings. The molecule has 1 fully saturated rings. The molecule has 2 atom stereocenters. The average Bonchev–Trinajstić information content (AvgIpc) is 3.17. The van der Waals surface area contributed by atoms with Gasteiger partial charge in [0.05, 0.1) is 4.88 Å². The number of hydrogen-bond donors (Lipinski definition) is 3. The van der Waals surface area contributed by atoms with Crippen LogP contribution in [0.15, 0.2) is 36.7 Å². The summed E-state index contributed by atoms with van der Waals surface area (Å²) in [5.41, 5.74) is 8.03. The minimum atomic E-state index is -1.06. The van der Waals surface area contributed by atoms with E-state index in [4.69, 9.17) is 5.73 Å². The molecule has 1 aromatic carbocycles. The number of nitrogens with zero attached hydrogens (tertiary/aromatic N) is 3.